The van der Waals surface area contributed by atoms with E-state index in [9.17, 15) is 5.11 Å². The summed E-state index contributed by atoms with van der Waals surface area (Å²) in [5.41, 5.74) is -0.417. The number of piperidine rings is 2. The lowest BCUT2D eigenvalue weighted by molar-refractivity contribution is -0.0417. The summed E-state index contributed by atoms with van der Waals surface area (Å²) < 4.78 is 5.05. The number of ether oxygens (including phenoxy) is 1. The Balaban J connectivity index is 1.85. The van der Waals surface area contributed by atoms with Gasteiger partial charge in [0, 0.05) is 25.8 Å². The van der Waals surface area contributed by atoms with Crippen LogP contribution in [0.5, 0.6) is 0 Å². The van der Waals surface area contributed by atoms with Gasteiger partial charge in [-0.2, -0.15) is 0 Å². The maximum absolute atomic E-state index is 10.5. The molecular weight excluding hydrogens is 190 g/mol. The van der Waals surface area contributed by atoms with E-state index in [0.717, 1.165) is 32.3 Å². The molecule has 2 aliphatic rings. The second-order valence-electron chi connectivity index (χ2n) is 5.22. The molecule has 0 amide bonds. The highest BCUT2D eigenvalue weighted by Gasteiger charge is 2.39. The zero-order valence-electron chi connectivity index (χ0n) is 9.67. The van der Waals surface area contributed by atoms with Crippen molar-refractivity contribution < 1.29 is 9.84 Å². The molecule has 0 aliphatic carbocycles. The van der Waals surface area contributed by atoms with Crippen LogP contribution in [0.1, 0.15) is 44.9 Å². The normalized spacial score (nSPS) is 40.4. The lowest BCUT2D eigenvalue weighted by Crippen LogP contribution is -2.55. The molecule has 2 aliphatic heterocycles. The predicted octanol–water partition coefficient (Wildman–Crippen LogP) is 1.45. The number of aliphatic hydroxyl groups is 1. The number of methoxy groups -OCH3 is 1. The van der Waals surface area contributed by atoms with Crippen molar-refractivity contribution in [1.29, 1.82) is 0 Å². The predicted molar refractivity (Wildman–Crippen MR) is 59.9 cm³/mol. The summed E-state index contributed by atoms with van der Waals surface area (Å²) in [6, 6.07) is 1.12. The maximum Gasteiger partial charge on any atom is 0.0678 e. The smallest absolute Gasteiger partial charge is 0.0678 e. The van der Waals surface area contributed by atoms with Crippen LogP contribution in [0.15, 0.2) is 0 Å². The van der Waals surface area contributed by atoms with Crippen LogP contribution in [0.25, 0.3) is 0 Å². The van der Waals surface area contributed by atoms with Gasteiger partial charge in [-0.25, -0.2) is 0 Å². The first kappa shape index (κ1) is 11.4. The molecule has 2 unspecified atom stereocenters. The van der Waals surface area contributed by atoms with Crippen molar-refractivity contribution in [3.8, 4) is 0 Å². The number of nitrogens with one attached hydrogen (secondary N) is 1. The van der Waals surface area contributed by atoms with Gasteiger partial charge in [0.1, 0.15) is 0 Å². The van der Waals surface area contributed by atoms with Gasteiger partial charge in [-0.3, -0.25) is 0 Å². The molecule has 2 rings (SSSR count). The molecule has 0 aromatic heterocycles. The van der Waals surface area contributed by atoms with Gasteiger partial charge < -0.3 is 15.2 Å². The van der Waals surface area contributed by atoms with Gasteiger partial charge in [0.25, 0.3) is 0 Å². The van der Waals surface area contributed by atoms with Gasteiger partial charge >= 0.3 is 0 Å². The maximum atomic E-state index is 10.5. The first-order chi connectivity index (χ1) is 7.22. The van der Waals surface area contributed by atoms with Crippen LogP contribution in [-0.4, -0.2) is 36.5 Å². The minimum Gasteiger partial charge on any atom is -0.390 e. The Morgan fingerprint density at radius 2 is 2.00 bits per heavy atom. The van der Waals surface area contributed by atoms with Crippen LogP contribution in [0.4, 0.5) is 0 Å². The largest absolute Gasteiger partial charge is 0.390 e. The number of hydrogen-bond acceptors (Lipinski definition) is 3. The van der Waals surface area contributed by atoms with Crippen LogP contribution in [0.2, 0.25) is 0 Å². The Morgan fingerprint density at radius 1 is 1.33 bits per heavy atom. The van der Waals surface area contributed by atoms with Gasteiger partial charge in [0.15, 0.2) is 0 Å². The zero-order valence-corrected chi connectivity index (χ0v) is 9.67. The van der Waals surface area contributed by atoms with Gasteiger partial charge in [0.2, 0.25) is 0 Å². The van der Waals surface area contributed by atoms with Crippen molar-refractivity contribution in [2.24, 2.45) is 0 Å². The molecule has 2 saturated heterocycles. The number of rotatable bonds is 4. The monoisotopic (exact) mass is 213 g/mol. The molecule has 0 aromatic carbocycles. The van der Waals surface area contributed by atoms with E-state index in [1.165, 1.54) is 19.3 Å². The number of fused-ring (bicyclic) bond motifs is 2. The van der Waals surface area contributed by atoms with Crippen molar-refractivity contribution in [2.45, 2.75) is 62.6 Å². The topological polar surface area (TPSA) is 41.5 Å². The molecule has 88 valence electrons. The van der Waals surface area contributed by atoms with E-state index >= 15 is 0 Å². The van der Waals surface area contributed by atoms with E-state index < -0.39 is 5.60 Å². The van der Waals surface area contributed by atoms with Gasteiger partial charge in [-0.15, -0.1) is 0 Å². The zero-order chi connectivity index (χ0) is 10.7. The first-order valence-corrected chi connectivity index (χ1v) is 6.19. The van der Waals surface area contributed by atoms with E-state index in [0.29, 0.717) is 12.1 Å². The summed E-state index contributed by atoms with van der Waals surface area (Å²) >= 11 is 0. The van der Waals surface area contributed by atoms with Crippen LogP contribution in [-0.2, 0) is 4.74 Å². The average Bonchev–Trinajstić information content (AvgIpc) is 2.17. The minimum absolute atomic E-state index is 0.417. The SMILES string of the molecule is COCCCC1(O)CC2CCCC(C1)N2. The third kappa shape index (κ3) is 2.92. The Kier molecular flexibility index (Phi) is 3.65. The third-order valence-electron chi connectivity index (χ3n) is 3.82. The average molecular weight is 213 g/mol. The summed E-state index contributed by atoms with van der Waals surface area (Å²) in [6.07, 6.45) is 7.56. The fourth-order valence-electron chi connectivity index (χ4n) is 3.18. The van der Waals surface area contributed by atoms with Gasteiger partial charge in [-0.05, 0) is 38.5 Å². The first-order valence-electron chi connectivity index (χ1n) is 6.19. The second-order valence-corrected chi connectivity index (χ2v) is 5.22. The van der Waals surface area contributed by atoms with Crippen molar-refractivity contribution >= 4 is 0 Å². The van der Waals surface area contributed by atoms with Crippen molar-refractivity contribution in [2.75, 3.05) is 13.7 Å². The molecule has 3 heteroatoms. The lowest BCUT2D eigenvalue weighted by Gasteiger charge is -2.45. The highest BCUT2D eigenvalue weighted by Crippen LogP contribution is 2.35. The summed E-state index contributed by atoms with van der Waals surface area (Å²) in [6.45, 7) is 0.769. The molecule has 3 nitrogen and oxygen atoms in total. The van der Waals surface area contributed by atoms with Crippen LogP contribution in [0, 0.1) is 0 Å². The van der Waals surface area contributed by atoms with Crippen molar-refractivity contribution in [3.63, 3.8) is 0 Å². The van der Waals surface area contributed by atoms with Crippen LogP contribution >= 0.6 is 0 Å². The van der Waals surface area contributed by atoms with E-state index in [-0.39, 0.29) is 0 Å². The molecule has 0 aromatic rings. The molecule has 2 N–H and O–H groups in total. The van der Waals surface area contributed by atoms with Gasteiger partial charge in [0.05, 0.1) is 5.60 Å². The van der Waals surface area contributed by atoms with E-state index in [2.05, 4.69) is 5.32 Å². The third-order valence-corrected chi connectivity index (χ3v) is 3.82. The molecule has 0 radical (unpaired) electrons. The summed E-state index contributed by atoms with van der Waals surface area (Å²) in [7, 11) is 1.72. The Bertz CT molecular complexity index is 196. The molecule has 15 heavy (non-hydrogen) atoms. The molecule has 2 atom stereocenters. The Hall–Kier alpha value is -0.120. The molecule has 2 fully saturated rings. The van der Waals surface area contributed by atoms with Crippen molar-refractivity contribution in [1.82, 2.24) is 5.32 Å². The Morgan fingerprint density at radius 3 is 2.60 bits per heavy atom. The van der Waals surface area contributed by atoms with Gasteiger partial charge in [-0.1, -0.05) is 6.42 Å². The Labute approximate surface area is 92.2 Å². The quantitative estimate of drug-likeness (QED) is 0.695. The van der Waals surface area contributed by atoms with E-state index in [1.54, 1.807) is 7.11 Å². The fourth-order valence-corrected chi connectivity index (χ4v) is 3.18. The molecule has 2 heterocycles. The highest BCUT2D eigenvalue weighted by molar-refractivity contribution is 4.97. The molecular formula is C12H23NO2. The van der Waals surface area contributed by atoms with E-state index in [4.69, 9.17) is 4.74 Å². The fraction of sp³-hybridized carbons (Fsp3) is 1.00. The van der Waals surface area contributed by atoms with Crippen LogP contribution in [0.3, 0.4) is 0 Å². The standard InChI is InChI=1S/C12H23NO2/c1-15-7-3-6-12(14)8-10-4-2-5-11(9-12)13-10/h10-11,13-14H,2-9H2,1H3. The molecule has 2 bridgehead atoms. The van der Waals surface area contributed by atoms with Crippen LogP contribution < -0.4 is 5.32 Å². The number of hydrogen-bond donors (Lipinski definition) is 2. The summed E-state index contributed by atoms with van der Waals surface area (Å²) in [4.78, 5) is 0. The van der Waals surface area contributed by atoms with Crippen molar-refractivity contribution in [3.05, 3.63) is 0 Å². The highest BCUT2D eigenvalue weighted by atomic mass is 16.5. The minimum atomic E-state index is -0.417. The summed E-state index contributed by atoms with van der Waals surface area (Å²) in [5.74, 6) is 0. The van der Waals surface area contributed by atoms with E-state index in [1.807, 2.05) is 0 Å². The summed E-state index contributed by atoms with van der Waals surface area (Å²) in [5, 5.41) is 14.1. The lowest BCUT2D eigenvalue weighted by atomic mass is 9.75. The molecule has 0 saturated carbocycles. The second kappa shape index (κ2) is 4.81. The molecule has 0 spiro atoms.